The molecule has 0 saturated carbocycles. The molecule has 0 radical (unpaired) electrons. The van der Waals surface area contributed by atoms with Crippen molar-refractivity contribution in [2.45, 2.75) is 6.54 Å². The van der Waals surface area contributed by atoms with Crippen LogP contribution in [0.15, 0.2) is 47.4 Å². The number of hydrogen-bond donors (Lipinski definition) is 1. The smallest absolute Gasteiger partial charge is 0.267 e. The molecule has 0 unspecified atom stereocenters. The van der Waals surface area contributed by atoms with Crippen LogP contribution in [0.4, 0.5) is 4.39 Å². The highest BCUT2D eigenvalue weighted by Crippen LogP contribution is 2.10. The van der Waals surface area contributed by atoms with Gasteiger partial charge in [0.05, 0.1) is 6.54 Å². The molecule has 1 aromatic heterocycles. The van der Waals surface area contributed by atoms with Gasteiger partial charge in [0.1, 0.15) is 24.7 Å². The highest BCUT2D eigenvalue weighted by Gasteiger charge is 2.04. The highest BCUT2D eigenvalue weighted by atomic mass is 19.1. The normalized spacial score (nSPS) is 10.1. The number of nitrogens with one attached hydrogen (secondary N) is 1. The zero-order chi connectivity index (χ0) is 15.1. The summed E-state index contributed by atoms with van der Waals surface area (Å²) in [7, 11) is 0. The molecular formula is C14H14FN3O3. The van der Waals surface area contributed by atoms with E-state index in [2.05, 4.69) is 10.4 Å². The molecule has 0 bridgehead atoms. The summed E-state index contributed by atoms with van der Waals surface area (Å²) in [6.45, 7) is 0.377. The molecule has 1 aromatic carbocycles. The van der Waals surface area contributed by atoms with E-state index in [1.807, 2.05) is 0 Å². The lowest BCUT2D eigenvalue weighted by Crippen LogP contribution is -2.35. The first-order valence-corrected chi connectivity index (χ1v) is 6.32. The Balaban J connectivity index is 1.71. The van der Waals surface area contributed by atoms with E-state index in [4.69, 9.17) is 4.74 Å². The topological polar surface area (TPSA) is 73.2 Å². The van der Waals surface area contributed by atoms with Gasteiger partial charge in [-0.15, -0.1) is 0 Å². The molecule has 0 atom stereocenters. The Hall–Kier alpha value is -2.70. The van der Waals surface area contributed by atoms with Gasteiger partial charge in [-0.3, -0.25) is 9.59 Å². The van der Waals surface area contributed by atoms with Crippen LogP contribution in [0.5, 0.6) is 5.75 Å². The van der Waals surface area contributed by atoms with Crippen molar-refractivity contribution >= 4 is 5.91 Å². The maximum Gasteiger partial charge on any atom is 0.267 e. The van der Waals surface area contributed by atoms with Crippen LogP contribution in [0.3, 0.4) is 0 Å². The summed E-state index contributed by atoms with van der Waals surface area (Å²) in [6, 6.07) is 8.43. The van der Waals surface area contributed by atoms with Gasteiger partial charge in [-0.25, -0.2) is 9.07 Å². The van der Waals surface area contributed by atoms with E-state index < -0.39 is 0 Å². The molecule has 2 aromatic rings. The number of carbonyl (C=O) groups is 1. The van der Waals surface area contributed by atoms with Gasteiger partial charge < -0.3 is 10.1 Å². The zero-order valence-electron chi connectivity index (χ0n) is 11.2. The Morgan fingerprint density at radius 1 is 1.29 bits per heavy atom. The van der Waals surface area contributed by atoms with Gasteiger partial charge in [-0.2, -0.15) is 5.10 Å². The molecule has 1 heterocycles. The second-order valence-electron chi connectivity index (χ2n) is 4.17. The highest BCUT2D eigenvalue weighted by molar-refractivity contribution is 5.75. The van der Waals surface area contributed by atoms with Crippen molar-refractivity contribution in [2.75, 3.05) is 13.2 Å². The first-order chi connectivity index (χ1) is 10.1. The van der Waals surface area contributed by atoms with Crippen molar-refractivity contribution in [2.24, 2.45) is 0 Å². The molecule has 0 spiro atoms. The molecule has 1 N–H and O–H groups in total. The summed E-state index contributed by atoms with van der Waals surface area (Å²) < 4.78 is 19.1. The lowest BCUT2D eigenvalue weighted by atomic mass is 10.3. The number of halogens is 1. The molecule has 0 aliphatic carbocycles. The van der Waals surface area contributed by atoms with Crippen LogP contribution in [-0.4, -0.2) is 28.8 Å². The molecule has 2 rings (SSSR count). The fraction of sp³-hybridized carbons (Fsp3) is 0.214. The molecule has 0 saturated heterocycles. The summed E-state index contributed by atoms with van der Waals surface area (Å²) in [5.41, 5.74) is -0.338. The first-order valence-electron chi connectivity index (χ1n) is 6.32. The van der Waals surface area contributed by atoms with Gasteiger partial charge in [-0.05, 0) is 30.3 Å². The maximum atomic E-state index is 12.7. The molecule has 21 heavy (non-hydrogen) atoms. The Morgan fingerprint density at radius 3 is 2.76 bits per heavy atom. The molecule has 6 nitrogen and oxygen atoms in total. The van der Waals surface area contributed by atoms with Crippen molar-refractivity contribution in [3.63, 3.8) is 0 Å². The molecule has 110 valence electrons. The zero-order valence-corrected chi connectivity index (χ0v) is 11.2. The molecule has 0 fully saturated rings. The second kappa shape index (κ2) is 7.18. The Kier molecular flexibility index (Phi) is 5.03. The number of ether oxygens (including phenoxy) is 1. The molecular weight excluding hydrogens is 277 g/mol. The van der Waals surface area contributed by atoms with Crippen LogP contribution >= 0.6 is 0 Å². The molecule has 0 aliphatic rings. The minimum absolute atomic E-state index is 0.143. The van der Waals surface area contributed by atoms with Crippen molar-refractivity contribution in [1.29, 1.82) is 0 Å². The fourth-order valence-electron chi connectivity index (χ4n) is 1.59. The number of aromatic nitrogens is 2. The lowest BCUT2D eigenvalue weighted by Gasteiger charge is -2.08. The average molecular weight is 291 g/mol. The van der Waals surface area contributed by atoms with E-state index in [1.165, 1.54) is 42.6 Å². The largest absolute Gasteiger partial charge is 0.492 e. The van der Waals surface area contributed by atoms with E-state index in [0.29, 0.717) is 5.75 Å². The van der Waals surface area contributed by atoms with Crippen LogP contribution < -0.4 is 15.6 Å². The summed E-state index contributed by atoms with van der Waals surface area (Å²) in [5, 5.41) is 6.38. The van der Waals surface area contributed by atoms with Gasteiger partial charge >= 0.3 is 0 Å². The van der Waals surface area contributed by atoms with Gasteiger partial charge in [0.2, 0.25) is 5.91 Å². The Morgan fingerprint density at radius 2 is 2.05 bits per heavy atom. The van der Waals surface area contributed by atoms with Gasteiger partial charge in [0, 0.05) is 12.3 Å². The van der Waals surface area contributed by atoms with Crippen molar-refractivity contribution in [1.82, 2.24) is 15.1 Å². The van der Waals surface area contributed by atoms with Crippen LogP contribution in [0.2, 0.25) is 0 Å². The minimum Gasteiger partial charge on any atom is -0.492 e. The monoisotopic (exact) mass is 291 g/mol. The Bertz CT molecular complexity index is 655. The van der Waals surface area contributed by atoms with Gasteiger partial charge in [-0.1, -0.05) is 0 Å². The van der Waals surface area contributed by atoms with Crippen molar-refractivity contribution < 1.29 is 13.9 Å². The average Bonchev–Trinajstić information content (AvgIpc) is 2.48. The first kappa shape index (κ1) is 14.7. The molecule has 1 amide bonds. The number of rotatable bonds is 6. The molecule has 0 aliphatic heterocycles. The van der Waals surface area contributed by atoms with Gasteiger partial charge in [0.25, 0.3) is 5.56 Å². The summed E-state index contributed by atoms with van der Waals surface area (Å²) >= 11 is 0. The SMILES string of the molecule is O=C(Cn1ncccc1=O)NCCOc1ccc(F)cc1. The van der Waals surface area contributed by atoms with Crippen molar-refractivity contribution in [3.05, 3.63) is 58.8 Å². The third kappa shape index (κ3) is 4.72. The van der Waals surface area contributed by atoms with Crippen LogP contribution in [0.25, 0.3) is 0 Å². The van der Waals surface area contributed by atoms with Gasteiger partial charge in [0.15, 0.2) is 0 Å². The summed E-state index contributed by atoms with van der Waals surface area (Å²) in [4.78, 5) is 23.0. The number of benzene rings is 1. The quantitative estimate of drug-likeness (QED) is 0.790. The number of amides is 1. The van der Waals surface area contributed by atoms with Crippen LogP contribution in [0, 0.1) is 5.82 Å². The maximum absolute atomic E-state index is 12.7. The number of nitrogens with zero attached hydrogens (tertiary/aromatic N) is 2. The van der Waals surface area contributed by atoms with Crippen LogP contribution in [-0.2, 0) is 11.3 Å². The van der Waals surface area contributed by atoms with E-state index in [1.54, 1.807) is 0 Å². The standard InChI is InChI=1S/C14H14FN3O3/c15-11-3-5-12(6-4-11)21-9-8-16-13(19)10-18-14(20)2-1-7-17-18/h1-7H,8-10H2,(H,16,19). The summed E-state index contributed by atoms with van der Waals surface area (Å²) in [5.74, 6) is -0.151. The minimum atomic E-state index is -0.338. The molecule has 7 heteroatoms. The number of hydrogen-bond acceptors (Lipinski definition) is 4. The Labute approximate surface area is 120 Å². The second-order valence-corrected chi connectivity index (χ2v) is 4.17. The van der Waals surface area contributed by atoms with E-state index in [-0.39, 0.29) is 37.0 Å². The predicted molar refractivity (Wildman–Crippen MR) is 73.4 cm³/mol. The number of carbonyl (C=O) groups excluding carboxylic acids is 1. The van der Waals surface area contributed by atoms with E-state index in [9.17, 15) is 14.0 Å². The summed E-state index contributed by atoms with van der Waals surface area (Å²) in [6.07, 6.45) is 1.44. The third-order valence-corrected chi connectivity index (χ3v) is 2.59. The predicted octanol–water partition coefficient (Wildman–Crippen LogP) is 0.578. The third-order valence-electron chi connectivity index (χ3n) is 2.59. The van der Waals surface area contributed by atoms with Crippen molar-refractivity contribution in [3.8, 4) is 5.75 Å². The fourth-order valence-corrected chi connectivity index (χ4v) is 1.59. The van der Waals surface area contributed by atoms with E-state index in [0.717, 1.165) is 4.68 Å². The van der Waals surface area contributed by atoms with Crippen LogP contribution in [0.1, 0.15) is 0 Å². The lowest BCUT2D eigenvalue weighted by molar-refractivity contribution is -0.122. The van der Waals surface area contributed by atoms with E-state index >= 15 is 0 Å².